The molecule has 6 heteroatoms. The lowest BCUT2D eigenvalue weighted by Gasteiger charge is -2.24. The van der Waals surface area contributed by atoms with E-state index >= 15 is 0 Å². The van der Waals surface area contributed by atoms with E-state index in [4.69, 9.17) is 4.74 Å². The molecular weight excluding hydrogens is 290 g/mol. The Bertz CT molecular complexity index is 614. The molecule has 3 N–H and O–H groups in total. The maximum Gasteiger partial charge on any atom is 0.191 e. The SMILES string of the molecule is CN=C(NCCCc1nc2ccccc2[nH]1)NCC(C)(C)OC. The van der Waals surface area contributed by atoms with E-state index in [1.54, 1.807) is 14.2 Å². The highest BCUT2D eigenvalue weighted by Crippen LogP contribution is 2.11. The van der Waals surface area contributed by atoms with Crippen LogP contribution in [0.2, 0.25) is 0 Å². The standard InChI is InChI=1S/C17H27N5O/c1-17(2,23-4)12-20-16(18-3)19-11-7-10-15-21-13-8-5-6-9-14(13)22-15/h5-6,8-9H,7,10-12H2,1-4H3,(H,21,22)(H2,18,19,20). The summed E-state index contributed by atoms with van der Waals surface area (Å²) in [7, 11) is 3.49. The van der Waals surface area contributed by atoms with E-state index < -0.39 is 0 Å². The summed E-state index contributed by atoms with van der Waals surface area (Å²) in [5.41, 5.74) is 1.90. The number of para-hydroxylation sites is 2. The lowest BCUT2D eigenvalue weighted by atomic mass is 10.1. The fraction of sp³-hybridized carbons (Fsp3) is 0.529. The second-order valence-corrected chi connectivity index (χ2v) is 6.12. The summed E-state index contributed by atoms with van der Waals surface area (Å²) in [5, 5.41) is 6.58. The number of guanidine groups is 1. The summed E-state index contributed by atoms with van der Waals surface area (Å²) in [6.45, 7) is 5.61. The minimum absolute atomic E-state index is 0.216. The van der Waals surface area contributed by atoms with Gasteiger partial charge in [0.05, 0.1) is 16.6 Å². The van der Waals surface area contributed by atoms with Gasteiger partial charge in [-0.2, -0.15) is 0 Å². The Kier molecular flexibility index (Phi) is 5.98. The Morgan fingerprint density at radius 3 is 2.78 bits per heavy atom. The molecule has 126 valence electrons. The average Bonchev–Trinajstić information content (AvgIpc) is 2.97. The van der Waals surface area contributed by atoms with Crippen molar-refractivity contribution >= 4 is 17.0 Å². The Morgan fingerprint density at radius 1 is 1.30 bits per heavy atom. The fourth-order valence-corrected chi connectivity index (χ4v) is 2.18. The van der Waals surface area contributed by atoms with Crippen molar-refractivity contribution in [3.05, 3.63) is 30.1 Å². The van der Waals surface area contributed by atoms with E-state index in [1.165, 1.54) is 0 Å². The quantitative estimate of drug-likeness (QED) is 0.415. The minimum Gasteiger partial charge on any atom is -0.377 e. The largest absolute Gasteiger partial charge is 0.377 e. The topological polar surface area (TPSA) is 74.3 Å². The van der Waals surface area contributed by atoms with Gasteiger partial charge in [0.25, 0.3) is 0 Å². The molecule has 0 saturated heterocycles. The first-order valence-corrected chi connectivity index (χ1v) is 7.97. The molecule has 0 aliphatic carbocycles. The van der Waals surface area contributed by atoms with E-state index in [2.05, 4.69) is 25.6 Å². The fourth-order valence-electron chi connectivity index (χ4n) is 2.18. The predicted octanol–water partition coefficient (Wildman–Crippen LogP) is 2.09. The van der Waals surface area contributed by atoms with Crippen LogP contribution < -0.4 is 10.6 Å². The van der Waals surface area contributed by atoms with E-state index in [-0.39, 0.29) is 5.60 Å². The number of aromatic amines is 1. The third kappa shape index (κ3) is 5.25. The smallest absolute Gasteiger partial charge is 0.191 e. The van der Waals surface area contributed by atoms with Gasteiger partial charge in [-0.25, -0.2) is 4.98 Å². The number of imidazole rings is 1. The number of aryl methyl sites for hydroxylation is 1. The first kappa shape index (κ1) is 17.3. The van der Waals surface area contributed by atoms with Crippen molar-refractivity contribution in [2.45, 2.75) is 32.3 Å². The molecule has 0 bridgehead atoms. The van der Waals surface area contributed by atoms with Gasteiger partial charge in [-0.05, 0) is 32.4 Å². The van der Waals surface area contributed by atoms with Crippen LogP contribution in [-0.2, 0) is 11.2 Å². The van der Waals surface area contributed by atoms with Crippen molar-refractivity contribution in [1.29, 1.82) is 0 Å². The lowest BCUT2D eigenvalue weighted by Crippen LogP contribution is -2.45. The molecule has 0 aliphatic heterocycles. The van der Waals surface area contributed by atoms with Crippen LogP contribution in [0.25, 0.3) is 11.0 Å². The van der Waals surface area contributed by atoms with Gasteiger partial charge < -0.3 is 20.4 Å². The summed E-state index contributed by atoms with van der Waals surface area (Å²) in [4.78, 5) is 12.2. The number of hydrogen-bond donors (Lipinski definition) is 3. The molecule has 0 aliphatic rings. The second-order valence-electron chi connectivity index (χ2n) is 6.12. The highest BCUT2D eigenvalue weighted by molar-refractivity contribution is 5.79. The highest BCUT2D eigenvalue weighted by atomic mass is 16.5. The maximum absolute atomic E-state index is 5.39. The number of aliphatic imine (C=N–C) groups is 1. The molecule has 23 heavy (non-hydrogen) atoms. The van der Waals surface area contributed by atoms with Crippen LogP contribution in [0.5, 0.6) is 0 Å². The van der Waals surface area contributed by atoms with Crippen LogP contribution in [0.4, 0.5) is 0 Å². The summed E-state index contributed by atoms with van der Waals surface area (Å²) in [5.74, 6) is 1.82. The number of methoxy groups -OCH3 is 1. The van der Waals surface area contributed by atoms with Gasteiger partial charge in [-0.3, -0.25) is 4.99 Å². The zero-order chi connectivity index (χ0) is 16.7. The molecule has 2 aromatic rings. The molecule has 1 heterocycles. The molecule has 1 aromatic carbocycles. The number of fused-ring (bicyclic) bond motifs is 1. The molecule has 0 spiro atoms. The number of ether oxygens (including phenoxy) is 1. The Morgan fingerprint density at radius 2 is 2.09 bits per heavy atom. The van der Waals surface area contributed by atoms with E-state index in [0.29, 0.717) is 6.54 Å². The van der Waals surface area contributed by atoms with E-state index in [9.17, 15) is 0 Å². The molecule has 6 nitrogen and oxygen atoms in total. The van der Waals surface area contributed by atoms with Gasteiger partial charge in [0, 0.05) is 33.7 Å². The van der Waals surface area contributed by atoms with Crippen molar-refractivity contribution in [3.8, 4) is 0 Å². The first-order chi connectivity index (χ1) is 11.0. The van der Waals surface area contributed by atoms with Crippen molar-refractivity contribution in [2.24, 2.45) is 4.99 Å². The number of nitrogens with one attached hydrogen (secondary N) is 3. The molecule has 0 saturated carbocycles. The summed E-state index contributed by atoms with van der Waals surface area (Å²) >= 11 is 0. The monoisotopic (exact) mass is 317 g/mol. The summed E-state index contributed by atoms with van der Waals surface area (Å²) in [6, 6.07) is 8.10. The Balaban J connectivity index is 1.73. The number of nitrogens with zero attached hydrogens (tertiary/aromatic N) is 2. The van der Waals surface area contributed by atoms with Crippen LogP contribution in [0.1, 0.15) is 26.1 Å². The molecule has 1 aromatic heterocycles. The van der Waals surface area contributed by atoms with Crippen LogP contribution >= 0.6 is 0 Å². The number of H-pyrrole nitrogens is 1. The van der Waals surface area contributed by atoms with Crippen molar-refractivity contribution < 1.29 is 4.74 Å². The van der Waals surface area contributed by atoms with Crippen molar-refractivity contribution in [1.82, 2.24) is 20.6 Å². The van der Waals surface area contributed by atoms with Gasteiger partial charge >= 0.3 is 0 Å². The van der Waals surface area contributed by atoms with Crippen LogP contribution in [0.3, 0.4) is 0 Å². The molecule has 0 atom stereocenters. The van der Waals surface area contributed by atoms with E-state index in [1.807, 2.05) is 38.1 Å². The zero-order valence-corrected chi connectivity index (χ0v) is 14.4. The first-order valence-electron chi connectivity index (χ1n) is 7.97. The van der Waals surface area contributed by atoms with Gasteiger partial charge in [-0.15, -0.1) is 0 Å². The Labute approximate surface area is 137 Å². The average molecular weight is 317 g/mol. The van der Waals surface area contributed by atoms with Gasteiger partial charge in [0.2, 0.25) is 0 Å². The molecule has 0 radical (unpaired) electrons. The van der Waals surface area contributed by atoms with E-state index in [0.717, 1.165) is 42.2 Å². The number of rotatable bonds is 7. The zero-order valence-electron chi connectivity index (χ0n) is 14.4. The van der Waals surface area contributed by atoms with Gasteiger partial charge in [0.15, 0.2) is 5.96 Å². The third-order valence-electron chi connectivity index (χ3n) is 3.78. The van der Waals surface area contributed by atoms with Crippen LogP contribution in [0.15, 0.2) is 29.3 Å². The predicted molar refractivity (Wildman–Crippen MR) is 94.9 cm³/mol. The molecule has 0 amide bonds. The molecule has 0 fully saturated rings. The summed E-state index contributed by atoms with van der Waals surface area (Å²) in [6.07, 6.45) is 1.89. The van der Waals surface area contributed by atoms with Crippen LogP contribution in [0, 0.1) is 0 Å². The van der Waals surface area contributed by atoms with Crippen LogP contribution in [-0.4, -0.2) is 48.8 Å². The van der Waals surface area contributed by atoms with Crippen molar-refractivity contribution in [2.75, 3.05) is 27.2 Å². The third-order valence-corrected chi connectivity index (χ3v) is 3.78. The van der Waals surface area contributed by atoms with Gasteiger partial charge in [0.1, 0.15) is 5.82 Å². The number of benzene rings is 1. The molecule has 2 rings (SSSR count). The number of aromatic nitrogens is 2. The maximum atomic E-state index is 5.39. The molecule has 0 unspecified atom stereocenters. The molecular formula is C17H27N5O. The summed E-state index contributed by atoms with van der Waals surface area (Å²) < 4.78 is 5.39. The normalized spacial score (nSPS) is 12.6. The van der Waals surface area contributed by atoms with Crippen molar-refractivity contribution in [3.63, 3.8) is 0 Å². The second kappa shape index (κ2) is 7.97. The lowest BCUT2D eigenvalue weighted by molar-refractivity contribution is 0.0268. The highest BCUT2D eigenvalue weighted by Gasteiger charge is 2.16. The minimum atomic E-state index is -0.216. The van der Waals surface area contributed by atoms with Gasteiger partial charge in [-0.1, -0.05) is 12.1 Å². The Hall–Kier alpha value is -2.08. The number of hydrogen-bond acceptors (Lipinski definition) is 3.